The first-order valence-electron chi connectivity index (χ1n) is 4.87. The molecule has 1 rings (SSSR count). The van der Waals surface area contributed by atoms with Gasteiger partial charge in [-0.05, 0) is 13.0 Å². The van der Waals surface area contributed by atoms with Crippen molar-refractivity contribution in [3.63, 3.8) is 0 Å². The molecule has 0 unspecified atom stereocenters. The molecule has 1 aromatic rings. The Hall–Kier alpha value is -1.21. The van der Waals surface area contributed by atoms with Crippen LogP contribution in [0, 0.1) is 11.6 Å². The Bertz CT molecular complexity index is 589. The van der Waals surface area contributed by atoms with Gasteiger partial charge in [-0.2, -0.15) is 0 Å². The molecule has 0 radical (unpaired) electrons. The van der Waals surface area contributed by atoms with E-state index in [-0.39, 0.29) is 0 Å². The van der Waals surface area contributed by atoms with Gasteiger partial charge in [-0.25, -0.2) is 17.2 Å². The van der Waals surface area contributed by atoms with Crippen LogP contribution in [0.25, 0.3) is 0 Å². The van der Waals surface area contributed by atoms with Crippen LogP contribution in [0.3, 0.4) is 0 Å². The molecule has 0 aliphatic heterocycles. The molecule has 1 aromatic carbocycles. The third-order valence-corrected chi connectivity index (χ3v) is 3.67. The Morgan fingerprint density at radius 2 is 1.89 bits per heavy atom. The maximum absolute atomic E-state index is 13.4. The van der Waals surface area contributed by atoms with Crippen molar-refractivity contribution < 1.29 is 22.0 Å². The number of amides is 1. The maximum Gasteiger partial charge on any atom is 0.264 e. The first kappa shape index (κ1) is 14.8. The highest BCUT2D eigenvalue weighted by molar-refractivity contribution is 8.13. The van der Waals surface area contributed by atoms with Crippen molar-refractivity contribution in [3.05, 3.63) is 29.3 Å². The molecule has 18 heavy (non-hydrogen) atoms. The fourth-order valence-electron chi connectivity index (χ4n) is 1.23. The summed E-state index contributed by atoms with van der Waals surface area (Å²) in [7, 11) is 2.02. The fraction of sp³-hybridized carbons (Fsp3) is 0.300. The van der Waals surface area contributed by atoms with Gasteiger partial charge in [0.05, 0.1) is 5.56 Å². The van der Waals surface area contributed by atoms with E-state index in [0.717, 1.165) is 4.90 Å². The molecule has 8 heteroatoms. The zero-order chi connectivity index (χ0) is 14.1. The second kappa shape index (κ2) is 5.19. The molecule has 0 atom stereocenters. The average Bonchev–Trinajstić information content (AvgIpc) is 2.25. The lowest BCUT2D eigenvalue weighted by molar-refractivity contribution is 0.0797. The zero-order valence-corrected chi connectivity index (χ0v) is 11.1. The monoisotopic (exact) mass is 297 g/mol. The van der Waals surface area contributed by atoms with E-state index in [9.17, 15) is 22.0 Å². The van der Waals surface area contributed by atoms with E-state index in [0.29, 0.717) is 18.7 Å². The quantitative estimate of drug-likeness (QED) is 0.802. The summed E-state index contributed by atoms with van der Waals surface area (Å²) in [4.78, 5) is 11.9. The summed E-state index contributed by atoms with van der Waals surface area (Å²) < 4.78 is 48.8. The van der Waals surface area contributed by atoms with E-state index in [2.05, 4.69) is 0 Å². The van der Waals surface area contributed by atoms with Crippen LogP contribution in [0.2, 0.25) is 0 Å². The third kappa shape index (κ3) is 2.97. The molecule has 0 heterocycles. The van der Waals surface area contributed by atoms with Crippen molar-refractivity contribution in [2.24, 2.45) is 0 Å². The summed E-state index contributed by atoms with van der Waals surface area (Å²) in [5.41, 5.74) is -0.542. The lowest BCUT2D eigenvalue weighted by atomic mass is 10.2. The molecule has 1 amide bonds. The summed E-state index contributed by atoms with van der Waals surface area (Å²) in [5, 5.41) is 0. The topological polar surface area (TPSA) is 54.5 Å². The van der Waals surface area contributed by atoms with Crippen molar-refractivity contribution in [3.8, 4) is 0 Å². The van der Waals surface area contributed by atoms with E-state index in [1.807, 2.05) is 0 Å². The summed E-state index contributed by atoms with van der Waals surface area (Å²) in [5.74, 6) is -3.23. The molecular weight excluding hydrogens is 288 g/mol. The molecular formula is C10H10ClF2NO3S. The van der Waals surface area contributed by atoms with E-state index in [1.165, 1.54) is 7.05 Å². The van der Waals surface area contributed by atoms with Gasteiger partial charge in [0, 0.05) is 30.3 Å². The Kier molecular flexibility index (Phi) is 4.28. The molecule has 0 bridgehead atoms. The smallest absolute Gasteiger partial charge is 0.264 e. The average molecular weight is 298 g/mol. The summed E-state index contributed by atoms with van der Waals surface area (Å²) in [6, 6.07) is 0.924. The lowest BCUT2D eigenvalue weighted by Gasteiger charge is -2.15. The molecule has 0 saturated heterocycles. The molecule has 100 valence electrons. The first-order valence-corrected chi connectivity index (χ1v) is 7.18. The molecule has 0 aliphatic carbocycles. The molecule has 0 spiro atoms. The minimum atomic E-state index is -4.38. The first-order chi connectivity index (χ1) is 8.18. The van der Waals surface area contributed by atoms with Gasteiger partial charge in [-0.15, -0.1) is 0 Å². The van der Waals surface area contributed by atoms with Gasteiger partial charge in [-0.1, -0.05) is 0 Å². The Balaban J connectivity index is 3.44. The van der Waals surface area contributed by atoms with Gasteiger partial charge < -0.3 is 4.90 Å². The second-order valence-electron chi connectivity index (χ2n) is 3.52. The molecule has 4 nitrogen and oxygen atoms in total. The Labute approximate surface area is 108 Å². The van der Waals surface area contributed by atoms with Gasteiger partial charge >= 0.3 is 0 Å². The number of benzene rings is 1. The van der Waals surface area contributed by atoms with Crippen LogP contribution < -0.4 is 0 Å². The van der Waals surface area contributed by atoms with Crippen LogP contribution in [0.1, 0.15) is 17.3 Å². The zero-order valence-electron chi connectivity index (χ0n) is 9.58. The highest BCUT2D eigenvalue weighted by Crippen LogP contribution is 2.23. The van der Waals surface area contributed by atoms with Crippen LogP contribution in [0.5, 0.6) is 0 Å². The molecule has 0 saturated carbocycles. The third-order valence-electron chi connectivity index (χ3n) is 2.34. The van der Waals surface area contributed by atoms with Gasteiger partial charge in [-0.3, -0.25) is 4.79 Å². The highest BCUT2D eigenvalue weighted by atomic mass is 35.7. The summed E-state index contributed by atoms with van der Waals surface area (Å²) in [6.07, 6.45) is 0. The lowest BCUT2D eigenvalue weighted by Crippen LogP contribution is -2.27. The van der Waals surface area contributed by atoms with Crippen molar-refractivity contribution in [2.75, 3.05) is 13.6 Å². The number of carbonyl (C=O) groups excluding carboxylic acids is 1. The van der Waals surface area contributed by atoms with Crippen molar-refractivity contribution in [1.29, 1.82) is 0 Å². The van der Waals surface area contributed by atoms with Crippen molar-refractivity contribution in [2.45, 2.75) is 11.8 Å². The molecule has 0 aliphatic rings. The van der Waals surface area contributed by atoms with Crippen LogP contribution in [-0.4, -0.2) is 32.8 Å². The maximum atomic E-state index is 13.4. The van der Waals surface area contributed by atoms with Crippen molar-refractivity contribution >= 4 is 25.6 Å². The van der Waals surface area contributed by atoms with Gasteiger partial charge in [0.25, 0.3) is 15.0 Å². The molecule has 0 fully saturated rings. The minimum Gasteiger partial charge on any atom is -0.342 e. The van der Waals surface area contributed by atoms with Crippen molar-refractivity contribution in [1.82, 2.24) is 4.90 Å². The Morgan fingerprint density at radius 3 is 2.33 bits per heavy atom. The SMILES string of the molecule is CCN(C)C(=O)c1cc(S(=O)(=O)Cl)c(F)cc1F. The van der Waals surface area contributed by atoms with E-state index < -0.39 is 37.1 Å². The normalized spacial score (nSPS) is 11.4. The largest absolute Gasteiger partial charge is 0.342 e. The van der Waals surface area contributed by atoms with Crippen LogP contribution in [0.4, 0.5) is 8.78 Å². The predicted molar refractivity (Wildman–Crippen MR) is 62.0 cm³/mol. The van der Waals surface area contributed by atoms with Gasteiger partial charge in [0.1, 0.15) is 16.5 Å². The van der Waals surface area contributed by atoms with Crippen LogP contribution >= 0.6 is 10.7 Å². The Morgan fingerprint density at radius 1 is 1.33 bits per heavy atom. The number of nitrogens with zero attached hydrogens (tertiary/aromatic N) is 1. The number of carbonyl (C=O) groups is 1. The summed E-state index contributed by atoms with van der Waals surface area (Å²) >= 11 is 0. The molecule has 0 N–H and O–H groups in total. The van der Waals surface area contributed by atoms with E-state index >= 15 is 0 Å². The van der Waals surface area contributed by atoms with Gasteiger partial charge in [0.15, 0.2) is 0 Å². The number of hydrogen-bond acceptors (Lipinski definition) is 3. The minimum absolute atomic E-state index is 0.290. The molecule has 0 aromatic heterocycles. The predicted octanol–water partition coefficient (Wildman–Crippen LogP) is 1.98. The van der Waals surface area contributed by atoms with Gasteiger partial charge in [0.2, 0.25) is 0 Å². The van der Waals surface area contributed by atoms with Crippen LogP contribution in [-0.2, 0) is 9.05 Å². The number of hydrogen-bond donors (Lipinski definition) is 0. The van der Waals surface area contributed by atoms with Crippen LogP contribution in [0.15, 0.2) is 17.0 Å². The number of halogens is 3. The standard InChI is InChI=1S/C10H10ClF2NO3S/c1-3-14(2)10(15)6-4-9(18(11,16)17)8(13)5-7(6)12/h4-5H,3H2,1-2H3. The number of rotatable bonds is 3. The summed E-state index contributed by atoms with van der Waals surface area (Å²) in [6.45, 7) is 1.94. The van der Waals surface area contributed by atoms with E-state index in [1.54, 1.807) is 6.92 Å². The van der Waals surface area contributed by atoms with E-state index in [4.69, 9.17) is 10.7 Å². The second-order valence-corrected chi connectivity index (χ2v) is 6.05. The fourth-order valence-corrected chi connectivity index (χ4v) is 2.13. The highest BCUT2D eigenvalue weighted by Gasteiger charge is 2.23.